The van der Waals surface area contributed by atoms with Crippen LogP contribution in [-0.2, 0) is 47.6 Å². The average Bonchev–Trinajstić information content (AvgIpc) is 3.20. The molecule has 15 atom stereocenters. The lowest BCUT2D eigenvalue weighted by molar-refractivity contribution is -0.308. The summed E-state index contributed by atoms with van der Waals surface area (Å²) in [6.45, 7) is 12.7. The maximum atomic E-state index is 14.5. The van der Waals surface area contributed by atoms with Crippen molar-refractivity contribution in [3.8, 4) is 0 Å². The van der Waals surface area contributed by atoms with Gasteiger partial charge in [-0.25, -0.2) is 0 Å². The van der Waals surface area contributed by atoms with Crippen molar-refractivity contribution in [2.24, 2.45) is 29.6 Å². The number of aliphatic hydroxyl groups is 3. The van der Waals surface area contributed by atoms with Crippen LogP contribution >= 0.6 is 0 Å². The average molecular weight is 836 g/mol. The number of nitrogens with zero attached hydrogens (tertiary/aromatic N) is 1. The maximum Gasteiger partial charge on any atom is 0.324 e. The number of aliphatic hydroxyl groups excluding tert-OH is 2. The van der Waals surface area contributed by atoms with E-state index in [2.05, 4.69) is 6.92 Å². The summed E-state index contributed by atoms with van der Waals surface area (Å²) in [5, 5.41) is 34.5. The van der Waals surface area contributed by atoms with Crippen LogP contribution in [0.2, 0.25) is 0 Å². The third-order valence-electron chi connectivity index (χ3n) is 13.3. The fourth-order valence-electron chi connectivity index (χ4n) is 9.89. The Morgan fingerprint density at radius 1 is 0.915 bits per heavy atom. The second-order valence-corrected chi connectivity index (χ2v) is 17.9. The van der Waals surface area contributed by atoms with E-state index in [9.17, 15) is 34.5 Å². The molecule has 1 aliphatic carbocycles. The fourth-order valence-corrected chi connectivity index (χ4v) is 9.89. The van der Waals surface area contributed by atoms with E-state index >= 15 is 0 Å². The summed E-state index contributed by atoms with van der Waals surface area (Å²) < 4.78 is 35.9. The van der Waals surface area contributed by atoms with Crippen molar-refractivity contribution in [3.63, 3.8) is 0 Å². The largest absolute Gasteiger partial charge is 0.462 e. The van der Waals surface area contributed by atoms with Crippen LogP contribution in [0.3, 0.4) is 0 Å². The third-order valence-corrected chi connectivity index (χ3v) is 13.3. The molecule has 3 N–H and O–H groups in total. The van der Waals surface area contributed by atoms with E-state index in [0.717, 1.165) is 5.57 Å². The lowest BCUT2D eigenvalue weighted by atomic mass is 9.81. The van der Waals surface area contributed by atoms with E-state index in [0.29, 0.717) is 56.9 Å². The SMILES string of the molecule is CC[C@@H]1/C=C(\C)C[C@H](C)C[C@H](OC)[C@H]2O[C@@](O)(C(=O)[C@H](O)N3CCCC[C@H]3C(=O)O[C@H](/C(C)=C/C3CC[C@@H](O)[C@H](OC)C3)[C@@H](C)[C@@H](OC(C)=O)CC1=O)[C@H](C)C[C@@H]2OC. The predicted molar refractivity (Wildman–Crippen MR) is 219 cm³/mol. The molecule has 4 aliphatic rings. The van der Waals surface area contributed by atoms with E-state index in [1.54, 1.807) is 35.2 Å². The van der Waals surface area contributed by atoms with Crippen LogP contribution in [-0.4, -0.2) is 132 Å². The highest BCUT2D eigenvalue weighted by Gasteiger charge is 2.56. The van der Waals surface area contributed by atoms with Crippen LogP contribution in [0.25, 0.3) is 0 Å². The summed E-state index contributed by atoms with van der Waals surface area (Å²) in [6.07, 6.45) is 2.17. The molecule has 14 heteroatoms. The Hall–Kier alpha value is -2.56. The molecule has 0 amide bonds. The molecule has 3 fully saturated rings. The zero-order valence-corrected chi connectivity index (χ0v) is 37.1. The van der Waals surface area contributed by atoms with Crippen molar-refractivity contribution < 1.29 is 62.9 Å². The molecule has 0 aromatic rings. The van der Waals surface area contributed by atoms with Gasteiger partial charge in [-0.1, -0.05) is 51.8 Å². The normalized spacial score (nSPS) is 41.5. The summed E-state index contributed by atoms with van der Waals surface area (Å²) in [6, 6.07) is -1.06. The van der Waals surface area contributed by atoms with Gasteiger partial charge in [0.1, 0.15) is 30.1 Å². The molecule has 14 nitrogen and oxygen atoms in total. The van der Waals surface area contributed by atoms with Gasteiger partial charge in [0.05, 0.1) is 24.4 Å². The van der Waals surface area contributed by atoms with Crippen LogP contribution in [0.1, 0.15) is 119 Å². The van der Waals surface area contributed by atoms with E-state index in [-0.39, 0.29) is 49.5 Å². The molecule has 59 heavy (non-hydrogen) atoms. The lowest BCUT2D eigenvalue weighted by Gasteiger charge is -2.48. The van der Waals surface area contributed by atoms with Gasteiger partial charge in [-0.3, -0.25) is 24.1 Å². The van der Waals surface area contributed by atoms with Crippen molar-refractivity contribution in [1.29, 1.82) is 0 Å². The van der Waals surface area contributed by atoms with Crippen LogP contribution in [0.5, 0.6) is 0 Å². The zero-order chi connectivity index (χ0) is 43.8. The zero-order valence-electron chi connectivity index (χ0n) is 37.1. The van der Waals surface area contributed by atoms with Crippen molar-refractivity contribution in [1.82, 2.24) is 4.90 Å². The number of esters is 2. The van der Waals surface area contributed by atoms with Gasteiger partial charge in [0, 0.05) is 59.0 Å². The summed E-state index contributed by atoms with van der Waals surface area (Å²) in [5.41, 5.74) is 1.66. The van der Waals surface area contributed by atoms with Gasteiger partial charge in [-0.15, -0.1) is 0 Å². The number of cyclic esters (lactones) is 1. The summed E-state index contributed by atoms with van der Waals surface area (Å²) >= 11 is 0. The monoisotopic (exact) mass is 836 g/mol. The van der Waals surface area contributed by atoms with Gasteiger partial charge in [0.2, 0.25) is 11.6 Å². The number of ether oxygens (including phenoxy) is 6. The number of carbonyl (C=O) groups excluding carboxylic acids is 4. The Kier molecular flexibility index (Phi) is 18.3. The first kappa shape index (κ1) is 49.1. The first-order chi connectivity index (χ1) is 27.9. The van der Waals surface area contributed by atoms with Gasteiger partial charge in [0.25, 0.3) is 0 Å². The quantitative estimate of drug-likeness (QED) is 0.234. The first-order valence-corrected chi connectivity index (χ1v) is 21.8. The Bertz CT molecular complexity index is 1500. The summed E-state index contributed by atoms with van der Waals surface area (Å²) in [7, 11) is 4.65. The highest BCUT2D eigenvalue weighted by molar-refractivity contribution is 5.90. The highest BCUT2D eigenvalue weighted by atomic mass is 16.7. The highest BCUT2D eigenvalue weighted by Crippen LogP contribution is 2.40. The van der Waals surface area contributed by atoms with E-state index in [1.807, 2.05) is 32.9 Å². The van der Waals surface area contributed by atoms with Crippen LogP contribution in [0, 0.1) is 29.6 Å². The number of piperidine rings is 1. The minimum Gasteiger partial charge on any atom is -0.462 e. The fraction of sp³-hybridized carbons (Fsp3) is 0.822. The van der Waals surface area contributed by atoms with Gasteiger partial charge in [0.15, 0.2) is 6.23 Å². The number of methoxy groups -OCH3 is 3. The maximum absolute atomic E-state index is 14.5. The second kappa shape index (κ2) is 22.0. The summed E-state index contributed by atoms with van der Waals surface area (Å²) in [5.74, 6) is -6.71. The van der Waals surface area contributed by atoms with Crippen molar-refractivity contribution >= 4 is 23.5 Å². The molecule has 3 aliphatic heterocycles. The number of carbonyl (C=O) groups is 4. The Balaban J connectivity index is 1.82. The number of allylic oxidation sites excluding steroid dienone is 3. The number of hydrogen-bond donors (Lipinski definition) is 3. The van der Waals surface area contributed by atoms with Crippen LogP contribution in [0.15, 0.2) is 23.3 Å². The standard InChI is InChI=1S/C45H73NO13/c1-11-32-19-25(2)18-26(3)20-38(55-9)41-39(56-10)22-28(5)45(53,59-41)42(50)43(51)46-17-13-12-14-33(46)44(52)58-40(29(6)36(24-35(32)49)57-30(7)47)27(4)21-31-15-16-34(48)37(23-31)54-8/h19,21,26,28-29,31-34,36-41,43,48,51,53H,11-18,20,22-24H2,1-10H3/b25-19+,27-21+/t26-,28+,29-,31?,32+,33-,34+,36-,37+,38-,39-,40+,41+,43-,45+/m0/s1. The molecule has 1 unspecified atom stereocenters. The molecule has 0 spiro atoms. The molecule has 4 rings (SSSR count). The van der Waals surface area contributed by atoms with Crippen LogP contribution < -0.4 is 0 Å². The molecule has 0 aromatic carbocycles. The Morgan fingerprint density at radius 2 is 1.58 bits per heavy atom. The minimum atomic E-state index is -2.42. The molecule has 3 heterocycles. The Morgan fingerprint density at radius 3 is 2.20 bits per heavy atom. The molecule has 336 valence electrons. The van der Waals surface area contributed by atoms with Gasteiger partial charge >= 0.3 is 11.9 Å². The second-order valence-electron chi connectivity index (χ2n) is 17.9. The van der Waals surface area contributed by atoms with E-state index in [1.165, 1.54) is 11.8 Å². The molecular formula is C45H73NO13. The van der Waals surface area contributed by atoms with Crippen molar-refractivity contribution in [3.05, 3.63) is 23.3 Å². The lowest BCUT2D eigenvalue weighted by Crippen LogP contribution is -2.65. The van der Waals surface area contributed by atoms with E-state index < -0.39 is 90.2 Å². The molecular weight excluding hydrogens is 762 g/mol. The summed E-state index contributed by atoms with van der Waals surface area (Å²) in [4.78, 5) is 57.1. The number of rotatable bonds is 7. The van der Waals surface area contributed by atoms with Gasteiger partial charge < -0.3 is 43.7 Å². The Labute approximate surface area is 351 Å². The number of hydrogen-bond acceptors (Lipinski definition) is 14. The third kappa shape index (κ3) is 12.1. The van der Waals surface area contributed by atoms with Gasteiger partial charge in [-0.05, 0) is 89.0 Å². The molecule has 2 bridgehead atoms. The topological polar surface area (TPSA) is 188 Å². The number of ketones is 2. The van der Waals surface area contributed by atoms with Crippen molar-refractivity contribution in [2.75, 3.05) is 27.9 Å². The molecule has 2 saturated heterocycles. The molecule has 0 aromatic heterocycles. The number of Topliss-reactive ketones (excluding diaryl/α,β-unsaturated/α-hetero) is 2. The van der Waals surface area contributed by atoms with Crippen molar-refractivity contribution in [2.45, 2.75) is 180 Å². The first-order valence-electron chi connectivity index (χ1n) is 21.8. The smallest absolute Gasteiger partial charge is 0.324 e. The predicted octanol–water partition coefficient (Wildman–Crippen LogP) is 4.84. The minimum absolute atomic E-state index is 0.0173. The number of fused-ring (bicyclic) bond motifs is 3. The molecule has 0 radical (unpaired) electrons. The van der Waals surface area contributed by atoms with Gasteiger partial charge in [-0.2, -0.15) is 0 Å². The van der Waals surface area contributed by atoms with E-state index in [4.69, 9.17) is 28.4 Å². The molecule has 1 saturated carbocycles. The van der Waals surface area contributed by atoms with Crippen LogP contribution in [0.4, 0.5) is 0 Å².